The van der Waals surface area contributed by atoms with Gasteiger partial charge in [-0.25, -0.2) is 9.89 Å². The van der Waals surface area contributed by atoms with Crippen LogP contribution in [0, 0.1) is 0 Å². The van der Waals surface area contributed by atoms with Crippen molar-refractivity contribution >= 4 is 11.6 Å². The second-order valence-electron chi connectivity index (χ2n) is 2.65. The van der Waals surface area contributed by atoms with Gasteiger partial charge in [-0.05, 0) is 6.07 Å². The molecule has 4 nitrogen and oxygen atoms in total. The Bertz CT molecular complexity index is 509. The maximum atomic E-state index is 10.9. The van der Waals surface area contributed by atoms with Gasteiger partial charge in [0, 0.05) is 5.56 Å². The molecular weight excluding hydrogens is 202 g/mol. The maximum absolute atomic E-state index is 10.9. The number of halogens is 1. The van der Waals surface area contributed by atoms with Gasteiger partial charge in [-0.3, -0.25) is 0 Å². The largest absolute Gasteiger partial charge is 0.361 e. The first-order valence-electron chi connectivity index (χ1n) is 3.94. The Morgan fingerprint density at radius 1 is 1.29 bits per heavy atom. The summed E-state index contributed by atoms with van der Waals surface area (Å²) >= 11 is 5.93. The zero-order chi connectivity index (χ0) is 9.97. The van der Waals surface area contributed by atoms with Crippen LogP contribution in [0.3, 0.4) is 0 Å². The van der Waals surface area contributed by atoms with Gasteiger partial charge in [0.2, 0.25) is 0 Å². The van der Waals surface area contributed by atoms with Crippen molar-refractivity contribution in [3.8, 4) is 11.3 Å². The van der Waals surface area contributed by atoms with Gasteiger partial charge < -0.3 is 0 Å². The number of H-pyrrole nitrogens is 1. The maximum Gasteiger partial charge on any atom is 0.361 e. The first kappa shape index (κ1) is 8.90. The van der Waals surface area contributed by atoms with Gasteiger partial charge in [-0.15, -0.1) is 0 Å². The minimum atomic E-state index is -0.484. The van der Waals surface area contributed by atoms with Crippen LogP contribution in [0.1, 0.15) is 0 Å². The van der Waals surface area contributed by atoms with Gasteiger partial charge in [0.15, 0.2) is 0 Å². The standard InChI is InChI=1S/C9H6ClN3O/c10-7-4-2-1-3-6(7)8-5-11-13-9(14)12-8/h1-5H,(H,12,13,14). The predicted molar refractivity (Wildman–Crippen MR) is 53.1 cm³/mol. The normalized spacial score (nSPS) is 10.1. The average molecular weight is 208 g/mol. The fourth-order valence-electron chi connectivity index (χ4n) is 1.11. The molecule has 0 saturated heterocycles. The number of nitrogens with zero attached hydrogens (tertiary/aromatic N) is 2. The van der Waals surface area contributed by atoms with Gasteiger partial charge in [-0.2, -0.15) is 10.1 Å². The summed E-state index contributed by atoms with van der Waals surface area (Å²) in [7, 11) is 0. The molecule has 70 valence electrons. The molecule has 0 saturated carbocycles. The number of benzene rings is 1. The van der Waals surface area contributed by atoms with Crippen LogP contribution in [-0.4, -0.2) is 15.2 Å². The molecule has 14 heavy (non-hydrogen) atoms. The van der Waals surface area contributed by atoms with E-state index in [1.54, 1.807) is 12.1 Å². The second kappa shape index (κ2) is 3.59. The minimum absolute atomic E-state index is 0.472. The minimum Gasteiger partial charge on any atom is -0.244 e. The lowest BCUT2D eigenvalue weighted by atomic mass is 10.2. The van der Waals surface area contributed by atoms with Crippen LogP contribution in [-0.2, 0) is 0 Å². The molecule has 2 rings (SSSR count). The molecule has 1 aromatic heterocycles. The SMILES string of the molecule is O=c1nc(-c2ccccc2Cl)cn[nH]1. The van der Waals surface area contributed by atoms with E-state index in [2.05, 4.69) is 15.2 Å². The molecule has 0 radical (unpaired) electrons. The average Bonchev–Trinajstić information content (AvgIpc) is 2.18. The van der Waals surface area contributed by atoms with Gasteiger partial charge in [-0.1, -0.05) is 29.8 Å². The zero-order valence-corrected chi connectivity index (χ0v) is 7.82. The molecule has 0 aliphatic rings. The molecule has 0 unspecified atom stereocenters. The highest BCUT2D eigenvalue weighted by Crippen LogP contribution is 2.23. The van der Waals surface area contributed by atoms with Gasteiger partial charge >= 0.3 is 5.69 Å². The fraction of sp³-hybridized carbons (Fsp3) is 0. The van der Waals surface area contributed by atoms with Crippen LogP contribution in [0.4, 0.5) is 0 Å². The molecule has 0 bridgehead atoms. The molecule has 2 aromatic rings. The smallest absolute Gasteiger partial charge is 0.244 e. The van der Waals surface area contributed by atoms with Gasteiger partial charge in [0.25, 0.3) is 0 Å². The Hall–Kier alpha value is -1.68. The Kier molecular flexibility index (Phi) is 2.28. The molecule has 0 atom stereocenters. The van der Waals surface area contributed by atoms with E-state index in [-0.39, 0.29) is 0 Å². The molecule has 1 N–H and O–H groups in total. The Morgan fingerprint density at radius 3 is 2.79 bits per heavy atom. The molecule has 0 spiro atoms. The summed E-state index contributed by atoms with van der Waals surface area (Å²) in [6.45, 7) is 0. The Labute approximate surface area is 84.6 Å². The van der Waals surface area contributed by atoms with Crippen molar-refractivity contribution in [3.05, 3.63) is 46.0 Å². The summed E-state index contributed by atoms with van der Waals surface area (Å²) < 4.78 is 0. The van der Waals surface area contributed by atoms with E-state index in [0.717, 1.165) is 0 Å². The third kappa shape index (κ3) is 1.65. The number of aromatic nitrogens is 3. The summed E-state index contributed by atoms with van der Waals surface area (Å²) in [6.07, 6.45) is 1.46. The second-order valence-corrected chi connectivity index (χ2v) is 3.06. The quantitative estimate of drug-likeness (QED) is 0.771. The van der Waals surface area contributed by atoms with Gasteiger partial charge in [0.05, 0.1) is 16.9 Å². The highest BCUT2D eigenvalue weighted by atomic mass is 35.5. The lowest BCUT2D eigenvalue weighted by Crippen LogP contribution is -2.12. The fourth-order valence-corrected chi connectivity index (χ4v) is 1.34. The Balaban J connectivity index is 2.61. The molecule has 0 amide bonds. The van der Waals surface area contributed by atoms with Crippen molar-refractivity contribution in [3.63, 3.8) is 0 Å². The lowest BCUT2D eigenvalue weighted by molar-refractivity contribution is 0.919. The van der Waals surface area contributed by atoms with Gasteiger partial charge in [0.1, 0.15) is 0 Å². The number of nitrogens with one attached hydrogen (secondary N) is 1. The predicted octanol–water partition coefficient (Wildman–Crippen LogP) is 1.49. The van der Waals surface area contributed by atoms with Crippen molar-refractivity contribution in [1.82, 2.24) is 15.2 Å². The van der Waals surface area contributed by atoms with E-state index in [0.29, 0.717) is 16.3 Å². The number of hydrogen-bond donors (Lipinski definition) is 1. The van der Waals surface area contributed by atoms with E-state index in [1.165, 1.54) is 6.20 Å². The molecular formula is C9H6ClN3O. The summed E-state index contributed by atoms with van der Waals surface area (Å²) in [5.41, 5.74) is 0.689. The van der Waals surface area contributed by atoms with E-state index in [9.17, 15) is 4.79 Å². The lowest BCUT2D eigenvalue weighted by Gasteiger charge is -2.00. The molecule has 1 heterocycles. The van der Waals surface area contributed by atoms with E-state index < -0.39 is 5.69 Å². The summed E-state index contributed by atoms with van der Waals surface area (Å²) in [4.78, 5) is 14.6. The van der Waals surface area contributed by atoms with E-state index in [4.69, 9.17) is 11.6 Å². The van der Waals surface area contributed by atoms with Crippen molar-refractivity contribution in [2.24, 2.45) is 0 Å². The summed E-state index contributed by atoms with van der Waals surface area (Å²) in [5.74, 6) is 0. The highest BCUT2D eigenvalue weighted by Gasteiger charge is 2.03. The summed E-state index contributed by atoms with van der Waals surface area (Å²) in [6, 6.07) is 7.15. The first-order valence-corrected chi connectivity index (χ1v) is 4.32. The topological polar surface area (TPSA) is 58.6 Å². The highest BCUT2D eigenvalue weighted by molar-refractivity contribution is 6.33. The number of aromatic amines is 1. The molecule has 0 aliphatic heterocycles. The first-order chi connectivity index (χ1) is 6.77. The number of hydrogen-bond acceptors (Lipinski definition) is 3. The molecule has 5 heteroatoms. The van der Waals surface area contributed by atoms with Crippen molar-refractivity contribution in [2.45, 2.75) is 0 Å². The van der Waals surface area contributed by atoms with E-state index in [1.807, 2.05) is 12.1 Å². The monoisotopic (exact) mass is 207 g/mol. The van der Waals surface area contributed by atoms with Crippen molar-refractivity contribution in [2.75, 3.05) is 0 Å². The molecule has 1 aromatic carbocycles. The third-order valence-corrected chi connectivity index (χ3v) is 2.05. The van der Waals surface area contributed by atoms with Crippen LogP contribution in [0.5, 0.6) is 0 Å². The van der Waals surface area contributed by atoms with Crippen LogP contribution in [0.15, 0.2) is 35.3 Å². The zero-order valence-electron chi connectivity index (χ0n) is 7.07. The summed E-state index contributed by atoms with van der Waals surface area (Å²) in [5, 5.41) is 6.39. The van der Waals surface area contributed by atoms with Crippen LogP contribution in [0.2, 0.25) is 5.02 Å². The molecule has 0 fully saturated rings. The van der Waals surface area contributed by atoms with Crippen LogP contribution < -0.4 is 5.69 Å². The molecule has 0 aliphatic carbocycles. The third-order valence-electron chi connectivity index (χ3n) is 1.72. The van der Waals surface area contributed by atoms with Crippen molar-refractivity contribution < 1.29 is 0 Å². The van der Waals surface area contributed by atoms with Crippen molar-refractivity contribution in [1.29, 1.82) is 0 Å². The van der Waals surface area contributed by atoms with Crippen LogP contribution >= 0.6 is 11.6 Å². The number of rotatable bonds is 1. The van der Waals surface area contributed by atoms with E-state index >= 15 is 0 Å². The van der Waals surface area contributed by atoms with Crippen LogP contribution in [0.25, 0.3) is 11.3 Å². The Morgan fingerprint density at radius 2 is 2.07 bits per heavy atom.